The van der Waals surface area contributed by atoms with Crippen molar-refractivity contribution in [1.82, 2.24) is 15.5 Å². The first kappa shape index (κ1) is 24.4. The molecule has 1 heterocycles. The van der Waals surface area contributed by atoms with E-state index in [2.05, 4.69) is 26.6 Å². The molecule has 1 atom stereocenters. The van der Waals surface area contributed by atoms with E-state index in [4.69, 9.17) is 5.11 Å². The Morgan fingerprint density at radius 1 is 1.29 bits per heavy atom. The number of hydrogen-bond donors (Lipinski definition) is 3. The molecule has 1 aromatic rings. The maximum absolute atomic E-state index is 14.0. The van der Waals surface area contributed by atoms with E-state index in [-0.39, 0.29) is 24.9 Å². The topological polar surface area (TPSA) is 133 Å². The van der Waals surface area contributed by atoms with Gasteiger partial charge in [0.15, 0.2) is 5.78 Å². The Labute approximate surface area is 186 Å². The number of rotatable bonds is 10. The van der Waals surface area contributed by atoms with Crippen LogP contribution in [-0.4, -0.2) is 58.2 Å². The summed E-state index contributed by atoms with van der Waals surface area (Å²) < 4.78 is 14.5. The van der Waals surface area contributed by atoms with Crippen LogP contribution in [0.15, 0.2) is 22.7 Å². The summed E-state index contributed by atoms with van der Waals surface area (Å²) in [6, 6.07) is 3.40. The molecule has 2 rings (SSSR count). The van der Waals surface area contributed by atoms with E-state index in [1.54, 1.807) is 19.9 Å². The summed E-state index contributed by atoms with van der Waals surface area (Å²) in [4.78, 5) is 61.4. The van der Waals surface area contributed by atoms with Gasteiger partial charge < -0.3 is 15.7 Å². The van der Waals surface area contributed by atoms with Crippen LogP contribution in [0.1, 0.15) is 32.3 Å². The highest BCUT2D eigenvalue weighted by Crippen LogP contribution is 2.29. The van der Waals surface area contributed by atoms with Crippen LogP contribution in [0, 0.1) is 11.7 Å². The van der Waals surface area contributed by atoms with Crippen molar-refractivity contribution >= 4 is 45.5 Å². The predicted molar refractivity (Wildman–Crippen MR) is 111 cm³/mol. The Kier molecular flexibility index (Phi) is 7.88. The number of aliphatic carboxylic acids is 1. The fourth-order valence-electron chi connectivity index (χ4n) is 3.24. The number of imide groups is 1. The number of ketones is 1. The fraction of sp³-hybridized carbons (Fsp3) is 0.450. The summed E-state index contributed by atoms with van der Waals surface area (Å²) in [7, 11) is 0. The van der Waals surface area contributed by atoms with Gasteiger partial charge in [-0.3, -0.25) is 24.1 Å². The largest absolute Gasteiger partial charge is 0.481 e. The quantitative estimate of drug-likeness (QED) is 0.419. The van der Waals surface area contributed by atoms with Gasteiger partial charge in [0.2, 0.25) is 5.91 Å². The lowest BCUT2D eigenvalue weighted by atomic mass is 9.82. The van der Waals surface area contributed by atoms with Crippen molar-refractivity contribution < 1.29 is 33.5 Å². The van der Waals surface area contributed by atoms with Crippen LogP contribution in [0.5, 0.6) is 0 Å². The number of nitrogens with one attached hydrogen (secondary N) is 2. The van der Waals surface area contributed by atoms with Crippen molar-refractivity contribution in [3.05, 3.63) is 34.1 Å². The molecular formula is C20H23BrFN3O6. The van der Waals surface area contributed by atoms with E-state index in [9.17, 15) is 28.4 Å². The fourth-order valence-corrected chi connectivity index (χ4v) is 3.57. The summed E-state index contributed by atoms with van der Waals surface area (Å²) in [6.07, 6.45) is -0.991. The smallest absolute Gasteiger partial charge is 0.325 e. The molecule has 0 saturated carbocycles. The first-order valence-electron chi connectivity index (χ1n) is 9.54. The van der Waals surface area contributed by atoms with Crippen molar-refractivity contribution in [3.63, 3.8) is 0 Å². The second-order valence-electron chi connectivity index (χ2n) is 7.57. The lowest BCUT2D eigenvalue weighted by molar-refractivity contribution is -0.139. The number of carbonyl (C=O) groups excluding carboxylic acids is 4. The van der Waals surface area contributed by atoms with Gasteiger partial charge in [-0.05, 0) is 23.6 Å². The van der Waals surface area contributed by atoms with E-state index >= 15 is 0 Å². The monoisotopic (exact) mass is 499 g/mol. The maximum Gasteiger partial charge on any atom is 0.325 e. The van der Waals surface area contributed by atoms with Crippen LogP contribution in [0.2, 0.25) is 0 Å². The van der Waals surface area contributed by atoms with Gasteiger partial charge in [0.1, 0.15) is 11.4 Å². The molecule has 0 radical (unpaired) electrons. The number of benzene rings is 1. The highest BCUT2D eigenvalue weighted by molar-refractivity contribution is 9.10. The van der Waals surface area contributed by atoms with Crippen molar-refractivity contribution in [3.8, 4) is 0 Å². The van der Waals surface area contributed by atoms with Gasteiger partial charge in [-0.2, -0.15) is 0 Å². The second-order valence-corrected chi connectivity index (χ2v) is 8.48. The lowest BCUT2D eigenvalue weighted by Gasteiger charge is -2.30. The summed E-state index contributed by atoms with van der Waals surface area (Å²) in [5.74, 6) is -4.04. The summed E-state index contributed by atoms with van der Waals surface area (Å²) in [5.41, 5.74) is -1.43. The number of nitrogens with zero attached hydrogens (tertiary/aromatic N) is 1. The molecule has 1 fully saturated rings. The van der Waals surface area contributed by atoms with Gasteiger partial charge in [0.25, 0.3) is 5.91 Å². The number of amides is 4. The third-order valence-corrected chi connectivity index (χ3v) is 5.52. The third kappa shape index (κ3) is 5.87. The minimum absolute atomic E-state index is 0.120. The van der Waals surface area contributed by atoms with Gasteiger partial charge in [0.05, 0.1) is 19.4 Å². The zero-order valence-corrected chi connectivity index (χ0v) is 18.6. The Balaban J connectivity index is 2.09. The molecule has 168 valence electrons. The van der Waals surface area contributed by atoms with E-state index in [1.165, 1.54) is 12.1 Å². The number of hydrogen-bond acceptors (Lipinski definition) is 5. The molecule has 9 nitrogen and oxygen atoms in total. The first-order valence-corrected chi connectivity index (χ1v) is 10.3. The Morgan fingerprint density at radius 2 is 1.97 bits per heavy atom. The Morgan fingerprint density at radius 3 is 2.55 bits per heavy atom. The molecule has 4 amide bonds. The molecule has 1 aliphatic heterocycles. The van der Waals surface area contributed by atoms with Crippen molar-refractivity contribution in [2.24, 2.45) is 5.92 Å². The van der Waals surface area contributed by atoms with Gasteiger partial charge >= 0.3 is 12.0 Å². The normalized spacial score (nSPS) is 18.3. The lowest BCUT2D eigenvalue weighted by Crippen LogP contribution is -2.54. The van der Waals surface area contributed by atoms with Crippen molar-refractivity contribution in [2.45, 2.75) is 38.6 Å². The van der Waals surface area contributed by atoms with E-state index in [1.807, 2.05) is 0 Å². The molecule has 1 saturated heterocycles. The van der Waals surface area contributed by atoms with Crippen LogP contribution in [0.25, 0.3) is 0 Å². The third-order valence-electron chi connectivity index (χ3n) is 5.03. The average molecular weight is 500 g/mol. The van der Waals surface area contributed by atoms with E-state index < -0.39 is 59.8 Å². The van der Waals surface area contributed by atoms with Crippen LogP contribution in [-0.2, 0) is 25.6 Å². The summed E-state index contributed by atoms with van der Waals surface area (Å²) in [6.45, 7) is 2.61. The Hall–Kier alpha value is -2.82. The summed E-state index contributed by atoms with van der Waals surface area (Å²) in [5, 5.41) is 13.6. The highest BCUT2D eigenvalue weighted by atomic mass is 79.9. The van der Waals surface area contributed by atoms with Gasteiger partial charge in [-0.15, -0.1) is 0 Å². The maximum atomic E-state index is 14.0. The average Bonchev–Trinajstić information content (AvgIpc) is 2.89. The number of carboxylic acids is 1. The number of Topliss-reactive ketones (excluding diaryl/α,β-unsaturated/α-hetero) is 1. The molecule has 1 unspecified atom stereocenters. The van der Waals surface area contributed by atoms with Crippen LogP contribution in [0.4, 0.5) is 9.18 Å². The molecule has 0 bridgehead atoms. The number of carbonyl (C=O) groups is 5. The zero-order valence-electron chi connectivity index (χ0n) is 17.0. The summed E-state index contributed by atoms with van der Waals surface area (Å²) >= 11 is 3.12. The highest BCUT2D eigenvalue weighted by Gasteiger charge is 2.54. The zero-order chi connectivity index (χ0) is 23.3. The van der Waals surface area contributed by atoms with Crippen molar-refractivity contribution in [1.29, 1.82) is 0 Å². The molecule has 11 heteroatoms. The molecular weight excluding hydrogens is 477 g/mol. The SMILES string of the molecule is CC(C)C1(CC(=O)NCCC(=O)O)NC(=O)N(CC(=O)Cc2ccc(Br)cc2F)C1=O. The second kappa shape index (κ2) is 9.99. The van der Waals surface area contributed by atoms with Gasteiger partial charge in [-0.1, -0.05) is 35.8 Å². The predicted octanol–water partition coefficient (Wildman–Crippen LogP) is 1.63. The molecule has 3 N–H and O–H groups in total. The minimum Gasteiger partial charge on any atom is -0.481 e. The van der Waals surface area contributed by atoms with Crippen LogP contribution < -0.4 is 10.6 Å². The van der Waals surface area contributed by atoms with Crippen LogP contribution in [0.3, 0.4) is 0 Å². The van der Waals surface area contributed by atoms with Gasteiger partial charge in [-0.25, -0.2) is 9.18 Å². The number of carboxylic acid groups (broad SMARTS) is 1. The molecule has 0 aliphatic carbocycles. The molecule has 0 spiro atoms. The Bertz CT molecular complexity index is 922. The number of halogens is 2. The number of urea groups is 1. The van der Waals surface area contributed by atoms with E-state index in [0.717, 1.165) is 4.90 Å². The standard InChI is InChI=1S/C20H23BrFN3O6/c1-11(2)20(9-16(27)23-6-5-17(28)29)18(30)25(19(31)24-20)10-14(26)7-12-3-4-13(21)8-15(12)22/h3-4,8,11H,5-7,9-10H2,1-2H3,(H,23,27)(H,24,31)(H,28,29). The van der Waals surface area contributed by atoms with E-state index in [0.29, 0.717) is 4.47 Å². The minimum atomic E-state index is -1.56. The molecule has 1 aromatic carbocycles. The van der Waals surface area contributed by atoms with Crippen molar-refractivity contribution in [2.75, 3.05) is 13.1 Å². The first-order chi connectivity index (χ1) is 14.5. The molecule has 31 heavy (non-hydrogen) atoms. The molecule has 1 aliphatic rings. The van der Waals surface area contributed by atoms with Gasteiger partial charge in [0, 0.05) is 17.4 Å². The van der Waals surface area contributed by atoms with Crippen LogP contribution >= 0.6 is 15.9 Å². The molecule has 0 aromatic heterocycles.